The Morgan fingerprint density at radius 2 is 2.00 bits per heavy atom. The molecule has 2 aromatic carbocycles. The SMILES string of the molecule is COc1ccc(Cl)cc1/C=N/NC(=O)c1ccc(O)c(O)c1. The molecule has 0 aliphatic carbocycles. The van der Waals surface area contributed by atoms with Crippen LogP contribution in [-0.4, -0.2) is 29.4 Å². The van der Waals surface area contributed by atoms with Gasteiger partial charge >= 0.3 is 0 Å². The van der Waals surface area contributed by atoms with Gasteiger partial charge in [-0.3, -0.25) is 4.79 Å². The van der Waals surface area contributed by atoms with Crippen molar-refractivity contribution in [1.29, 1.82) is 0 Å². The molecule has 0 aliphatic heterocycles. The van der Waals surface area contributed by atoms with Crippen LogP contribution >= 0.6 is 11.6 Å². The third-order valence-corrected chi connectivity index (χ3v) is 3.03. The van der Waals surface area contributed by atoms with Crippen LogP contribution in [0, 0.1) is 0 Å². The molecule has 3 N–H and O–H groups in total. The average Bonchev–Trinajstić information content (AvgIpc) is 2.50. The zero-order valence-corrected chi connectivity index (χ0v) is 12.3. The standard InChI is InChI=1S/C15H13ClN2O4/c1-22-14-5-3-11(16)6-10(14)8-17-18-15(21)9-2-4-12(19)13(20)7-9/h2-8,19-20H,1H3,(H,18,21)/b17-8+. The van der Waals surface area contributed by atoms with Crippen molar-refractivity contribution in [3.63, 3.8) is 0 Å². The first-order valence-corrected chi connectivity index (χ1v) is 6.58. The van der Waals surface area contributed by atoms with Crippen molar-refractivity contribution in [3.05, 3.63) is 52.5 Å². The maximum absolute atomic E-state index is 11.8. The van der Waals surface area contributed by atoms with E-state index in [2.05, 4.69) is 10.5 Å². The predicted octanol–water partition coefficient (Wildman–Crippen LogP) is 2.52. The Morgan fingerprint density at radius 3 is 2.68 bits per heavy atom. The van der Waals surface area contributed by atoms with Crippen LogP contribution in [0.4, 0.5) is 0 Å². The molecule has 0 saturated heterocycles. The van der Waals surface area contributed by atoms with Gasteiger partial charge in [-0.15, -0.1) is 0 Å². The summed E-state index contributed by atoms with van der Waals surface area (Å²) < 4.78 is 5.15. The summed E-state index contributed by atoms with van der Waals surface area (Å²) in [5, 5.41) is 22.9. The van der Waals surface area contributed by atoms with E-state index in [1.54, 1.807) is 18.2 Å². The fraction of sp³-hybridized carbons (Fsp3) is 0.0667. The van der Waals surface area contributed by atoms with Crippen LogP contribution in [0.2, 0.25) is 5.02 Å². The highest BCUT2D eigenvalue weighted by Gasteiger charge is 2.08. The van der Waals surface area contributed by atoms with E-state index in [1.807, 2.05) is 0 Å². The molecule has 0 saturated carbocycles. The number of ether oxygens (including phenoxy) is 1. The molecule has 7 heteroatoms. The van der Waals surface area contributed by atoms with E-state index in [0.717, 1.165) is 6.07 Å². The smallest absolute Gasteiger partial charge is 0.271 e. The van der Waals surface area contributed by atoms with Crippen LogP contribution in [0.3, 0.4) is 0 Å². The molecule has 1 amide bonds. The molecule has 0 aliphatic rings. The molecule has 114 valence electrons. The summed E-state index contributed by atoms with van der Waals surface area (Å²) in [6.07, 6.45) is 1.39. The van der Waals surface area contributed by atoms with Crippen molar-refractivity contribution in [2.75, 3.05) is 7.11 Å². The lowest BCUT2D eigenvalue weighted by Gasteiger charge is -2.05. The Hall–Kier alpha value is -2.73. The van der Waals surface area contributed by atoms with Gasteiger partial charge in [-0.25, -0.2) is 5.43 Å². The van der Waals surface area contributed by atoms with Crippen molar-refractivity contribution < 1.29 is 19.7 Å². The molecule has 0 bridgehead atoms. The highest BCUT2D eigenvalue weighted by Crippen LogP contribution is 2.24. The largest absolute Gasteiger partial charge is 0.504 e. The van der Waals surface area contributed by atoms with Crippen molar-refractivity contribution in [3.8, 4) is 17.2 Å². The number of hydrogen-bond donors (Lipinski definition) is 3. The number of nitrogens with one attached hydrogen (secondary N) is 1. The molecular formula is C15H13ClN2O4. The molecule has 2 aromatic rings. The Balaban J connectivity index is 2.10. The highest BCUT2D eigenvalue weighted by molar-refractivity contribution is 6.30. The number of hydrazone groups is 1. The summed E-state index contributed by atoms with van der Waals surface area (Å²) in [6.45, 7) is 0. The number of aromatic hydroxyl groups is 2. The van der Waals surface area contributed by atoms with Crippen LogP contribution in [0.25, 0.3) is 0 Å². The number of nitrogens with zero attached hydrogens (tertiary/aromatic N) is 1. The van der Waals surface area contributed by atoms with Crippen LogP contribution in [0.1, 0.15) is 15.9 Å². The third-order valence-electron chi connectivity index (χ3n) is 2.80. The Bertz CT molecular complexity index is 731. The van der Waals surface area contributed by atoms with E-state index >= 15 is 0 Å². The van der Waals surface area contributed by atoms with E-state index in [1.165, 1.54) is 25.5 Å². The van der Waals surface area contributed by atoms with Gasteiger partial charge in [-0.1, -0.05) is 11.6 Å². The molecule has 2 rings (SSSR count). The maximum atomic E-state index is 11.8. The Morgan fingerprint density at radius 1 is 1.23 bits per heavy atom. The molecule has 0 unspecified atom stereocenters. The van der Waals surface area contributed by atoms with Gasteiger partial charge < -0.3 is 14.9 Å². The number of hydrogen-bond acceptors (Lipinski definition) is 5. The van der Waals surface area contributed by atoms with Gasteiger partial charge in [0.1, 0.15) is 5.75 Å². The lowest BCUT2D eigenvalue weighted by molar-refractivity contribution is 0.0954. The summed E-state index contributed by atoms with van der Waals surface area (Å²) in [5.74, 6) is -0.658. The molecule has 22 heavy (non-hydrogen) atoms. The van der Waals surface area contributed by atoms with Gasteiger partial charge in [-0.05, 0) is 36.4 Å². The second kappa shape index (κ2) is 6.82. The summed E-state index contributed by atoms with van der Waals surface area (Å²) in [5.41, 5.74) is 3.06. The number of carbonyl (C=O) groups excluding carboxylic acids is 1. The topological polar surface area (TPSA) is 91.2 Å². The van der Waals surface area contributed by atoms with Gasteiger partial charge in [0.2, 0.25) is 0 Å². The summed E-state index contributed by atoms with van der Waals surface area (Å²) in [4.78, 5) is 11.8. The summed E-state index contributed by atoms with van der Waals surface area (Å²) >= 11 is 5.89. The van der Waals surface area contributed by atoms with Gasteiger partial charge in [0.05, 0.1) is 13.3 Å². The van der Waals surface area contributed by atoms with Crippen molar-refractivity contribution >= 4 is 23.7 Å². The lowest BCUT2D eigenvalue weighted by atomic mass is 10.2. The zero-order chi connectivity index (χ0) is 16.1. The normalized spacial score (nSPS) is 10.6. The van der Waals surface area contributed by atoms with Gasteiger partial charge in [0.15, 0.2) is 11.5 Å². The molecule has 0 atom stereocenters. The first-order valence-electron chi connectivity index (χ1n) is 6.20. The Labute approximate surface area is 131 Å². The average molecular weight is 321 g/mol. The minimum atomic E-state index is -0.535. The zero-order valence-electron chi connectivity index (χ0n) is 11.6. The van der Waals surface area contributed by atoms with Crippen molar-refractivity contribution in [2.24, 2.45) is 5.10 Å². The molecule has 6 nitrogen and oxygen atoms in total. The third kappa shape index (κ3) is 3.67. The predicted molar refractivity (Wildman–Crippen MR) is 82.8 cm³/mol. The van der Waals surface area contributed by atoms with Gasteiger partial charge in [-0.2, -0.15) is 5.10 Å². The van der Waals surface area contributed by atoms with Crippen LogP contribution in [0.15, 0.2) is 41.5 Å². The van der Waals surface area contributed by atoms with Crippen LogP contribution < -0.4 is 10.2 Å². The first-order chi connectivity index (χ1) is 10.5. The lowest BCUT2D eigenvalue weighted by Crippen LogP contribution is -2.17. The van der Waals surface area contributed by atoms with E-state index in [0.29, 0.717) is 16.3 Å². The number of methoxy groups -OCH3 is 1. The molecule has 0 spiro atoms. The maximum Gasteiger partial charge on any atom is 0.271 e. The van der Waals surface area contributed by atoms with E-state index < -0.39 is 5.91 Å². The number of benzene rings is 2. The monoisotopic (exact) mass is 320 g/mol. The second-order valence-corrected chi connectivity index (χ2v) is 4.73. The molecule has 0 fully saturated rings. The number of amides is 1. The van der Waals surface area contributed by atoms with Crippen LogP contribution in [0.5, 0.6) is 17.2 Å². The number of phenols is 2. The Kier molecular flexibility index (Phi) is 4.85. The summed E-state index contributed by atoms with van der Waals surface area (Å²) in [7, 11) is 1.51. The highest BCUT2D eigenvalue weighted by atomic mass is 35.5. The van der Waals surface area contributed by atoms with Crippen LogP contribution in [-0.2, 0) is 0 Å². The quantitative estimate of drug-likeness (QED) is 0.458. The second-order valence-electron chi connectivity index (χ2n) is 4.29. The summed E-state index contributed by atoms with van der Waals surface area (Å²) in [6, 6.07) is 8.72. The van der Waals surface area contributed by atoms with Gasteiger partial charge in [0, 0.05) is 16.1 Å². The number of phenolic OH excluding ortho intramolecular Hbond substituents is 2. The van der Waals surface area contributed by atoms with E-state index in [9.17, 15) is 15.0 Å². The number of carbonyl (C=O) groups is 1. The van der Waals surface area contributed by atoms with Crippen molar-refractivity contribution in [1.82, 2.24) is 5.43 Å². The van der Waals surface area contributed by atoms with Gasteiger partial charge in [0.25, 0.3) is 5.91 Å². The molecule has 0 radical (unpaired) electrons. The number of halogens is 1. The fourth-order valence-corrected chi connectivity index (χ4v) is 1.88. The van der Waals surface area contributed by atoms with E-state index in [-0.39, 0.29) is 17.1 Å². The molecule has 0 heterocycles. The minimum Gasteiger partial charge on any atom is -0.504 e. The number of rotatable bonds is 4. The first kappa shape index (κ1) is 15.7. The van der Waals surface area contributed by atoms with E-state index in [4.69, 9.17) is 16.3 Å². The molecular weight excluding hydrogens is 308 g/mol. The molecule has 0 aromatic heterocycles. The fourth-order valence-electron chi connectivity index (χ4n) is 1.70. The minimum absolute atomic E-state index is 0.158. The van der Waals surface area contributed by atoms with Crippen molar-refractivity contribution in [2.45, 2.75) is 0 Å².